The van der Waals surface area contributed by atoms with Crippen molar-refractivity contribution < 1.29 is 19.4 Å². The summed E-state index contributed by atoms with van der Waals surface area (Å²) in [5.74, 6) is 0.469. The molecule has 4 aromatic carbocycles. The van der Waals surface area contributed by atoms with Crippen molar-refractivity contribution in [2.75, 3.05) is 0 Å². The number of ether oxygens (including phenoxy) is 2. The van der Waals surface area contributed by atoms with E-state index in [1.165, 1.54) is 0 Å². The Kier molecular flexibility index (Phi) is 5.61. The molecule has 0 saturated heterocycles. The number of benzene rings is 4. The average Bonchev–Trinajstić information content (AvgIpc) is 3.64. The Labute approximate surface area is 234 Å². The second kappa shape index (κ2) is 9.20. The Balaban J connectivity index is 1.37. The Morgan fingerprint density at radius 3 is 2.60 bits per heavy atom. The first-order valence-electron chi connectivity index (χ1n) is 13.0. The second-order valence-corrected chi connectivity index (χ2v) is 11.1. The van der Waals surface area contributed by atoms with Gasteiger partial charge in [-0.05, 0) is 71.1 Å². The molecule has 0 bridgehead atoms. The van der Waals surface area contributed by atoms with Crippen LogP contribution in [0.15, 0.2) is 72.9 Å². The smallest absolute Gasteiger partial charge is 0.307 e. The molecule has 0 amide bonds. The van der Waals surface area contributed by atoms with Crippen LogP contribution in [0.1, 0.15) is 18.1 Å². The Morgan fingerprint density at radius 2 is 1.75 bits per heavy atom. The van der Waals surface area contributed by atoms with Gasteiger partial charge in [-0.25, -0.2) is 4.98 Å². The molecule has 3 heterocycles. The van der Waals surface area contributed by atoms with E-state index in [2.05, 4.69) is 41.5 Å². The minimum atomic E-state index is -0.874. The first-order valence-corrected chi connectivity index (χ1v) is 13.8. The third kappa shape index (κ3) is 4.08. The van der Waals surface area contributed by atoms with E-state index in [-0.39, 0.29) is 12.7 Å². The van der Waals surface area contributed by atoms with E-state index in [9.17, 15) is 9.90 Å². The van der Waals surface area contributed by atoms with Gasteiger partial charge in [0.05, 0.1) is 28.4 Å². The average molecular weight is 548 g/mol. The highest BCUT2D eigenvalue weighted by molar-refractivity contribution is 7.22. The van der Waals surface area contributed by atoms with Crippen molar-refractivity contribution in [1.29, 1.82) is 0 Å². The van der Waals surface area contributed by atoms with E-state index < -0.39 is 5.97 Å². The van der Waals surface area contributed by atoms with Gasteiger partial charge < -0.3 is 14.6 Å². The summed E-state index contributed by atoms with van der Waals surface area (Å²) in [6, 6.07) is 22.5. The van der Waals surface area contributed by atoms with Gasteiger partial charge in [0.25, 0.3) is 0 Å². The number of hydrogen-bond donors (Lipinski definition) is 1. The molecule has 1 unspecified atom stereocenters. The molecule has 1 atom stereocenters. The fourth-order valence-corrected chi connectivity index (χ4v) is 6.59. The summed E-state index contributed by atoms with van der Waals surface area (Å²) in [4.78, 5) is 16.9. The van der Waals surface area contributed by atoms with Gasteiger partial charge in [-0.3, -0.25) is 9.48 Å². The number of carboxylic acid groups (broad SMARTS) is 1. The Morgan fingerprint density at radius 1 is 0.975 bits per heavy atom. The van der Waals surface area contributed by atoms with Gasteiger partial charge in [-0.15, -0.1) is 11.3 Å². The molecule has 6 aromatic rings. The third-order valence-corrected chi connectivity index (χ3v) is 8.48. The SMILES string of the molecule is Cc1cc2nc(-c3cccc(-c4ccc5c(cnn5C)c4)c3)sc2c(-c2ccc3c(c2)OC(C)O3)c1CC(=O)O. The molecule has 1 aliphatic heterocycles. The number of rotatable bonds is 5. The maximum atomic E-state index is 11.9. The van der Waals surface area contributed by atoms with Crippen LogP contribution in [-0.2, 0) is 18.3 Å². The summed E-state index contributed by atoms with van der Waals surface area (Å²) < 4.78 is 14.4. The van der Waals surface area contributed by atoms with E-state index >= 15 is 0 Å². The standard InChI is InChI=1S/C32H25N3O4S/c1-17-11-25-31(30(24(17)15-29(36)37)21-8-10-27-28(14-21)39-18(2)38-27)40-32(34-25)22-6-4-5-19(12-22)20-7-9-26-23(13-20)16-33-35(26)3/h4-14,16,18H,15H2,1-3H3,(H,36,37). The van der Waals surface area contributed by atoms with Gasteiger partial charge in [-0.1, -0.05) is 30.3 Å². The summed E-state index contributed by atoms with van der Waals surface area (Å²) in [5, 5.41) is 16.1. The van der Waals surface area contributed by atoms with E-state index in [0.717, 1.165) is 65.1 Å². The molecule has 0 spiro atoms. The lowest BCUT2D eigenvalue weighted by atomic mass is 9.93. The first-order chi connectivity index (χ1) is 19.3. The van der Waals surface area contributed by atoms with Crippen molar-refractivity contribution in [3.05, 3.63) is 84.1 Å². The number of aromatic nitrogens is 3. The van der Waals surface area contributed by atoms with Crippen LogP contribution in [0.4, 0.5) is 0 Å². The molecular formula is C32H25N3O4S. The quantitative estimate of drug-likeness (QED) is 0.245. The summed E-state index contributed by atoms with van der Waals surface area (Å²) in [6.45, 7) is 3.79. The minimum absolute atomic E-state index is 0.0819. The lowest BCUT2D eigenvalue weighted by Gasteiger charge is -2.13. The molecule has 7 rings (SSSR count). The van der Waals surface area contributed by atoms with Gasteiger partial charge in [-0.2, -0.15) is 5.10 Å². The van der Waals surface area contributed by atoms with E-state index in [0.29, 0.717) is 11.5 Å². The molecule has 0 fully saturated rings. The molecule has 198 valence electrons. The number of nitrogens with zero attached hydrogens (tertiary/aromatic N) is 3. The highest BCUT2D eigenvalue weighted by Gasteiger charge is 2.24. The number of carboxylic acids is 1. The van der Waals surface area contributed by atoms with Crippen molar-refractivity contribution >= 4 is 38.4 Å². The highest BCUT2D eigenvalue weighted by atomic mass is 32.1. The van der Waals surface area contributed by atoms with Crippen molar-refractivity contribution in [2.45, 2.75) is 26.6 Å². The Hall–Kier alpha value is -4.69. The molecule has 8 heteroatoms. The van der Waals surface area contributed by atoms with Crippen LogP contribution < -0.4 is 9.47 Å². The predicted octanol–water partition coefficient (Wildman–Crippen LogP) is 7.24. The first kappa shape index (κ1) is 24.4. The van der Waals surface area contributed by atoms with Gasteiger partial charge in [0.1, 0.15) is 5.01 Å². The predicted molar refractivity (Wildman–Crippen MR) is 157 cm³/mol. The van der Waals surface area contributed by atoms with Crippen LogP contribution in [-0.4, -0.2) is 32.1 Å². The molecule has 0 aliphatic carbocycles. The maximum absolute atomic E-state index is 11.9. The van der Waals surface area contributed by atoms with E-state index in [1.54, 1.807) is 11.3 Å². The molecule has 0 saturated carbocycles. The van der Waals surface area contributed by atoms with Crippen molar-refractivity contribution in [3.8, 4) is 44.3 Å². The zero-order valence-electron chi connectivity index (χ0n) is 22.1. The number of aliphatic carboxylic acids is 1. The number of fused-ring (bicyclic) bond motifs is 3. The number of carbonyl (C=O) groups is 1. The topological polar surface area (TPSA) is 86.5 Å². The van der Waals surface area contributed by atoms with Gasteiger partial charge >= 0.3 is 5.97 Å². The summed E-state index contributed by atoms with van der Waals surface area (Å²) in [7, 11) is 1.94. The lowest BCUT2D eigenvalue weighted by molar-refractivity contribution is -0.136. The highest BCUT2D eigenvalue weighted by Crippen LogP contribution is 2.44. The van der Waals surface area contributed by atoms with Crippen LogP contribution in [0.2, 0.25) is 0 Å². The second-order valence-electron chi connectivity index (χ2n) is 10.1. The van der Waals surface area contributed by atoms with Crippen LogP contribution in [0.5, 0.6) is 11.5 Å². The third-order valence-electron chi connectivity index (χ3n) is 7.35. The van der Waals surface area contributed by atoms with Gasteiger partial charge in [0.15, 0.2) is 11.5 Å². The molecule has 40 heavy (non-hydrogen) atoms. The molecule has 1 N–H and O–H groups in total. The van der Waals surface area contributed by atoms with Crippen molar-refractivity contribution in [1.82, 2.24) is 14.8 Å². The summed E-state index contributed by atoms with van der Waals surface area (Å²) in [5.41, 5.74) is 8.58. The van der Waals surface area contributed by atoms with E-state index in [4.69, 9.17) is 14.5 Å². The summed E-state index contributed by atoms with van der Waals surface area (Å²) in [6.07, 6.45) is 1.44. The number of hydrogen-bond acceptors (Lipinski definition) is 6. The van der Waals surface area contributed by atoms with Crippen LogP contribution in [0, 0.1) is 6.92 Å². The normalized spacial score (nSPS) is 14.3. The molecule has 2 aromatic heterocycles. The van der Waals surface area contributed by atoms with E-state index in [1.807, 2.05) is 62.1 Å². The lowest BCUT2D eigenvalue weighted by Crippen LogP contribution is -2.11. The van der Waals surface area contributed by atoms with Gasteiger partial charge in [0, 0.05) is 30.5 Å². The zero-order valence-corrected chi connectivity index (χ0v) is 23.0. The zero-order chi connectivity index (χ0) is 27.5. The summed E-state index contributed by atoms with van der Waals surface area (Å²) >= 11 is 1.58. The van der Waals surface area contributed by atoms with Crippen LogP contribution in [0.3, 0.4) is 0 Å². The Bertz CT molecular complexity index is 1970. The van der Waals surface area contributed by atoms with Crippen LogP contribution >= 0.6 is 11.3 Å². The van der Waals surface area contributed by atoms with Gasteiger partial charge in [0.2, 0.25) is 6.29 Å². The monoisotopic (exact) mass is 547 g/mol. The maximum Gasteiger partial charge on any atom is 0.307 e. The van der Waals surface area contributed by atoms with Crippen molar-refractivity contribution in [3.63, 3.8) is 0 Å². The molecule has 0 radical (unpaired) electrons. The minimum Gasteiger partial charge on any atom is -0.481 e. The number of aryl methyl sites for hydroxylation is 2. The van der Waals surface area contributed by atoms with Crippen LogP contribution in [0.25, 0.3) is 53.9 Å². The fourth-order valence-electron chi connectivity index (χ4n) is 5.45. The molecule has 7 nitrogen and oxygen atoms in total. The largest absolute Gasteiger partial charge is 0.481 e. The van der Waals surface area contributed by atoms with Crippen molar-refractivity contribution in [2.24, 2.45) is 7.05 Å². The fraction of sp³-hybridized carbons (Fsp3) is 0.156. The molecule has 1 aliphatic rings. The molecular weight excluding hydrogens is 522 g/mol. The number of thiazole rings is 1.